The van der Waals surface area contributed by atoms with Crippen LogP contribution in [0.25, 0.3) is 22.3 Å². The average Bonchev–Trinajstić information content (AvgIpc) is 3.06. The van der Waals surface area contributed by atoms with Crippen LogP contribution in [0.2, 0.25) is 0 Å². The van der Waals surface area contributed by atoms with Gasteiger partial charge in [-0.2, -0.15) is 0 Å². The average molecular weight is 711 g/mol. The predicted octanol–water partition coefficient (Wildman–Crippen LogP) is -1.57. The van der Waals surface area contributed by atoms with E-state index in [9.17, 15) is 60.3 Å². The van der Waals surface area contributed by atoms with Crippen LogP contribution in [0, 0.1) is 0 Å². The molecular weight excluding hydrogens is 676 g/mol. The fraction of sp³-hybridized carbons (Fsp3) is 0.452. The monoisotopic (exact) mass is 710 g/mol. The van der Waals surface area contributed by atoms with E-state index in [1.54, 1.807) is 0 Å². The number of hydrogen-bond acceptors (Lipinski definition) is 19. The molecule has 0 bridgehead atoms. The molecule has 272 valence electrons. The lowest BCUT2D eigenvalue weighted by molar-refractivity contribution is -0.358. The number of aliphatic hydroxyl groups excluding tert-OH is 5. The Labute approximate surface area is 280 Å². The summed E-state index contributed by atoms with van der Waals surface area (Å²) in [7, 11) is 0. The van der Waals surface area contributed by atoms with E-state index >= 15 is 0 Å². The molecule has 2 saturated heterocycles. The first-order valence-corrected chi connectivity index (χ1v) is 14.9. The lowest BCUT2D eigenvalue weighted by Crippen LogP contribution is -2.65. The first-order valence-electron chi connectivity index (χ1n) is 14.9. The molecule has 19 nitrogen and oxygen atoms in total. The van der Waals surface area contributed by atoms with Gasteiger partial charge in [-0.25, -0.2) is 0 Å². The lowest BCUT2D eigenvalue weighted by atomic mass is 9.97. The number of aromatic hydroxyl groups is 4. The van der Waals surface area contributed by atoms with E-state index in [-0.39, 0.29) is 11.3 Å². The number of ether oxygens (including phenoxy) is 6. The van der Waals surface area contributed by atoms with Crippen LogP contribution < -0.4 is 10.2 Å². The second kappa shape index (κ2) is 14.6. The van der Waals surface area contributed by atoms with Gasteiger partial charge >= 0.3 is 11.9 Å². The summed E-state index contributed by atoms with van der Waals surface area (Å²) in [5, 5.41) is 93.6. The van der Waals surface area contributed by atoms with Gasteiger partial charge in [-0.05, 0) is 18.2 Å². The zero-order valence-corrected chi connectivity index (χ0v) is 26.2. The molecule has 9 N–H and O–H groups in total. The van der Waals surface area contributed by atoms with Gasteiger partial charge in [-0.3, -0.25) is 14.4 Å². The summed E-state index contributed by atoms with van der Waals surface area (Å²) in [6.45, 7) is 0.578. The highest BCUT2D eigenvalue weighted by Gasteiger charge is 2.53. The van der Waals surface area contributed by atoms with Gasteiger partial charge in [0.05, 0.1) is 6.61 Å². The molecule has 2 aliphatic heterocycles. The predicted molar refractivity (Wildman–Crippen MR) is 161 cm³/mol. The van der Waals surface area contributed by atoms with E-state index in [4.69, 9.17) is 32.8 Å². The van der Waals surface area contributed by atoms with Gasteiger partial charge in [0.1, 0.15) is 60.1 Å². The van der Waals surface area contributed by atoms with Crippen molar-refractivity contribution in [3.63, 3.8) is 0 Å². The summed E-state index contributed by atoms with van der Waals surface area (Å²) in [6, 6.07) is 5.22. The third-order valence-electron chi connectivity index (χ3n) is 7.93. The molecule has 4 unspecified atom stereocenters. The summed E-state index contributed by atoms with van der Waals surface area (Å²) in [6.07, 6.45) is -18.0. The molecule has 3 heterocycles. The highest BCUT2D eigenvalue weighted by Crippen LogP contribution is 2.43. The maximum atomic E-state index is 13.0. The first kappa shape index (κ1) is 36.5. The van der Waals surface area contributed by atoms with Crippen LogP contribution in [0.5, 0.6) is 28.7 Å². The van der Waals surface area contributed by atoms with Crippen molar-refractivity contribution in [3.8, 4) is 40.1 Å². The Hall–Kier alpha value is -4.73. The van der Waals surface area contributed by atoms with Gasteiger partial charge in [0.2, 0.25) is 12.0 Å². The van der Waals surface area contributed by atoms with Crippen LogP contribution in [-0.2, 0) is 33.3 Å². The fourth-order valence-corrected chi connectivity index (χ4v) is 5.44. The van der Waals surface area contributed by atoms with E-state index in [2.05, 4.69) is 0 Å². The number of phenols is 4. The van der Waals surface area contributed by atoms with Crippen molar-refractivity contribution in [3.05, 3.63) is 40.6 Å². The van der Waals surface area contributed by atoms with Crippen molar-refractivity contribution < 1.29 is 88.4 Å². The first-order chi connectivity index (χ1) is 23.6. The minimum absolute atomic E-state index is 0.0861. The van der Waals surface area contributed by atoms with Crippen LogP contribution in [0.4, 0.5) is 0 Å². The largest absolute Gasteiger partial charge is 0.507 e. The molecule has 5 rings (SSSR count). The molecule has 10 atom stereocenters. The number of fused-ring (bicyclic) bond motifs is 1. The van der Waals surface area contributed by atoms with E-state index in [1.165, 1.54) is 6.07 Å². The normalized spacial score (nSPS) is 29.7. The smallest absolute Gasteiger partial charge is 0.303 e. The molecule has 0 aliphatic carbocycles. The van der Waals surface area contributed by atoms with Gasteiger partial charge in [0.15, 0.2) is 46.8 Å². The number of aliphatic hydroxyl groups is 5. The lowest BCUT2D eigenvalue weighted by Gasteiger charge is -2.46. The Morgan fingerprint density at radius 3 is 2.12 bits per heavy atom. The second-order valence-corrected chi connectivity index (χ2v) is 11.5. The highest BCUT2D eigenvalue weighted by molar-refractivity contribution is 5.91. The zero-order valence-electron chi connectivity index (χ0n) is 26.2. The highest BCUT2D eigenvalue weighted by atomic mass is 16.8. The van der Waals surface area contributed by atoms with Crippen LogP contribution in [0.1, 0.15) is 13.8 Å². The number of benzene rings is 2. The molecule has 1 aromatic heterocycles. The van der Waals surface area contributed by atoms with Crippen LogP contribution in [-0.4, -0.2) is 133 Å². The number of phenolic OH excluding ortho intramolecular Hbond substituents is 4. The van der Waals surface area contributed by atoms with Crippen LogP contribution >= 0.6 is 0 Å². The van der Waals surface area contributed by atoms with E-state index < -0.39 is 132 Å². The second-order valence-electron chi connectivity index (χ2n) is 11.5. The van der Waals surface area contributed by atoms with Crippen LogP contribution in [0.3, 0.4) is 0 Å². The summed E-state index contributed by atoms with van der Waals surface area (Å²) in [5.74, 6) is -5.26. The van der Waals surface area contributed by atoms with Crippen molar-refractivity contribution in [2.45, 2.75) is 75.3 Å². The standard InChI is InChI=1S/C31H34O19/c1-10(33)44-9-20-22(39)25(42)26(43)30(49-20)50-29-28(45-11(2)34)24(41)19(8-32)48-31(29)47-18-7-16(38)21-15(37)6-17(46-27(21)23(18)40)12-3-4-13(35)14(36)5-12/h3-7,19-20,22,24-26,28-32,35-36,38-43H,8-9H2,1-2H3/t19?,20?,22-,24-,25+,26?,28+,29?,30+,31-/m1/s1. The van der Waals surface area contributed by atoms with Crippen LogP contribution in [0.15, 0.2) is 39.5 Å². The fourth-order valence-electron chi connectivity index (χ4n) is 5.44. The molecule has 0 amide bonds. The Balaban J connectivity index is 1.55. The maximum Gasteiger partial charge on any atom is 0.303 e. The molecule has 3 aromatic rings. The third kappa shape index (κ3) is 7.25. The Kier molecular flexibility index (Phi) is 10.7. The zero-order chi connectivity index (χ0) is 36.6. The summed E-state index contributed by atoms with van der Waals surface area (Å²) in [5.41, 5.74) is -1.37. The molecule has 50 heavy (non-hydrogen) atoms. The van der Waals surface area contributed by atoms with Gasteiger partial charge in [0, 0.05) is 31.5 Å². The van der Waals surface area contributed by atoms with Gasteiger partial charge in [0.25, 0.3) is 0 Å². The number of carbonyl (C=O) groups is 2. The van der Waals surface area contributed by atoms with Crippen molar-refractivity contribution >= 4 is 22.9 Å². The van der Waals surface area contributed by atoms with Crippen molar-refractivity contribution in [1.82, 2.24) is 0 Å². The van der Waals surface area contributed by atoms with Crippen molar-refractivity contribution in [2.24, 2.45) is 0 Å². The molecule has 19 heteroatoms. The SMILES string of the molecule is CC(=O)OCC1O[C@@H](OC2[C@H](Oc3cc(O)c4c(=O)cc(-c5ccc(O)c(O)c5)oc4c3O)OC(CO)[C@@H](O)[C@@H]2OC(C)=O)C(O)[C@@H](O)[C@@H]1O. The molecule has 2 aromatic carbocycles. The Bertz CT molecular complexity index is 1790. The molecule has 0 radical (unpaired) electrons. The Morgan fingerprint density at radius 1 is 0.780 bits per heavy atom. The molecule has 2 aliphatic rings. The topological polar surface area (TPSA) is 302 Å². The number of hydrogen-bond donors (Lipinski definition) is 9. The van der Waals surface area contributed by atoms with E-state index in [0.29, 0.717) is 0 Å². The third-order valence-corrected chi connectivity index (χ3v) is 7.93. The molecular formula is C31H34O19. The Morgan fingerprint density at radius 2 is 1.48 bits per heavy atom. The summed E-state index contributed by atoms with van der Waals surface area (Å²) >= 11 is 0. The van der Waals surface area contributed by atoms with E-state index in [1.807, 2.05) is 0 Å². The molecule has 0 spiro atoms. The molecule has 0 saturated carbocycles. The number of carbonyl (C=O) groups excluding carboxylic acids is 2. The quantitative estimate of drug-likeness (QED) is 0.0688. The minimum atomic E-state index is -2.00. The van der Waals surface area contributed by atoms with Crippen molar-refractivity contribution in [2.75, 3.05) is 13.2 Å². The van der Waals surface area contributed by atoms with Crippen molar-refractivity contribution in [1.29, 1.82) is 0 Å². The molecule has 2 fully saturated rings. The minimum Gasteiger partial charge on any atom is -0.507 e. The maximum absolute atomic E-state index is 13.0. The van der Waals surface area contributed by atoms with E-state index in [0.717, 1.165) is 38.1 Å². The van der Waals surface area contributed by atoms with Gasteiger partial charge in [-0.15, -0.1) is 0 Å². The summed E-state index contributed by atoms with van der Waals surface area (Å²) in [4.78, 5) is 36.4. The summed E-state index contributed by atoms with van der Waals surface area (Å²) < 4.78 is 38.6. The van der Waals surface area contributed by atoms with Gasteiger partial charge < -0.3 is 78.8 Å². The van der Waals surface area contributed by atoms with Gasteiger partial charge in [-0.1, -0.05) is 0 Å². The number of rotatable bonds is 9. The number of esters is 2.